The molecule has 1 aliphatic carbocycles. The number of nitrogens with zero attached hydrogens (tertiary/aromatic N) is 1. The summed E-state index contributed by atoms with van der Waals surface area (Å²) in [5, 5.41) is 22.8. The Morgan fingerprint density at radius 1 is 1.36 bits per heavy atom. The van der Waals surface area contributed by atoms with Crippen molar-refractivity contribution < 1.29 is 24.4 Å². The van der Waals surface area contributed by atoms with E-state index in [1.54, 1.807) is 0 Å². The summed E-state index contributed by atoms with van der Waals surface area (Å²) >= 11 is 0.972. The molecule has 2 atom stereocenters. The summed E-state index contributed by atoms with van der Waals surface area (Å²) in [5.74, 6) is -2.46. The first-order valence-corrected chi connectivity index (χ1v) is 8.49. The van der Waals surface area contributed by atoms with Crippen molar-refractivity contribution in [2.24, 2.45) is 11.7 Å². The van der Waals surface area contributed by atoms with E-state index in [1.807, 2.05) is 0 Å². The number of carboxylic acid groups (broad SMARTS) is 1. The number of thioether (sulfide) groups is 1. The zero-order chi connectivity index (χ0) is 18.6. The molecular weight excluding hydrogens is 350 g/mol. The fraction of sp³-hybridized carbons (Fsp3) is 0.400. The number of benzene rings is 1. The van der Waals surface area contributed by atoms with E-state index in [0.717, 1.165) is 17.8 Å². The van der Waals surface area contributed by atoms with Gasteiger partial charge in [0.2, 0.25) is 11.8 Å². The Morgan fingerprint density at radius 2 is 2.08 bits per heavy atom. The molecule has 2 rings (SSSR count). The Labute approximate surface area is 147 Å². The van der Waals surface area contributed by atoms with Crippen molar-refractivity contribution in [2.75, 3.05) is 5.75 Å². The standard InChI is InChI=1S/C15H17N3O6S/c16-14(20)8-2-4-12(11(6-8)18(23)24)25-7-13(19)17-10-3-1-9(5-10)15(21)22/h2,4,6,9-10H,1,3,5,7H2,(H2,16,20)(H,17,19)(H,21,22)/t9-,10+/m1/s1. The first-order chi connectivity index (χ1) is 11.8. The average molecular weight is 367 g/mol. The van der Waals surface area contributed by atoms with E-state index in [4.69, 9.17) is 10.8 Å². The summed E-state index contributed by atoms with van der Waals surface area (Å²) in [5.41, 5.74) is 4.83. The monoisotopic (exact) mass is 367 g/mol. The van der Waals surface area contributed by atoms with Crippen molar-refractivity contribution in [3.05, 3.63) is 33.9 Å². The number of aliphatic carboxylic acids is 1. The highest BCUT2D eigenvalue weighted by Gasteiger charge is 2.30. The largest absolute Gasteiger partial charge is 0.481 e. The quantitative estimate of drug-likeness (QED) is 0.371. The molecule has 25 heavy (non-hydrogen) atoms. The number of nitro benzene ring substituents is 1. The van der Waals surface area contributed by atoms with Gasteiger partial charge < -0.3 is 16.2 Å². The molecule has 9 nitrogen and oxygen atoms in total. The minimum Gasteiger partial charge on any atom is -0.481 e. The molecule has 0 radical (unpaired) electrons. The van der Waals surface area contributed by atoms with Crippen molar-refractivity contribution in [1.29, 1.82) is 0 Å². The SMILES string of the molecule is NC(=O)c1ccc(SCC(=O)N[C@H]2CC[C@@H](C(=O)O)C2)c([N+](=O)[O-])c1. The molecule has 1 aliphatic rings. The summed E-state index contributed by atoms with van der Waals surface area (Å²) in [7, 11) is 0. The van der Waals surface area contributed by atoms with Gasteiger partial charge in [0.05, 0.1) is 21.5 Å². The maximum atomic E-state index is 12.0. The molecular formula is C15H17N3O6S. The van der Waals surface area contributed by atoms with Crippen LogP contribution in [0.3, 0.4) is 0 Å². The van der Waals surface area contributed by atoms with Crippen molar-refractivity contribution in [3.63, 3.8) is 0 Å². The van der Waals surface area contributed by atoms with Crippen LogP contribution in [0.25, 0.3) is 0 Å². The fourth-order valence-corrected chi connectivity index (χ4v) is 3.50. The van der Waals surface area contributed by atoms with E-state index in [2.05, 4.69) is 5.32 Å². The lowest BCUT2D eigenvalue weighted by atomic mass is 10.1. The van der Waals surface area contributed by atoms with E-state index >= 15 is 0 Å². The Kier molecular flexibility index (Phi) is 5.97. The molecule has 0 unspecified atom stereocenters. The first kappa shape index (κ1) is 18.7. The average Bonchev–Trinajstić information content (AvgIpc) is 3.01. The normalized spacial score (nSPS) is 19.4. The Balaban J connectivity index is 1.94. The highest BCUT2D eigenvalue weighted by molar-refractivity contribution is 8.00. The minimum atomic E-state index is -0.865. The molecule has 0 heterocycles. The van der Waals surface area contributed by atoms with Gasteiger partial charge in [0.25, 0.3) is 5.69 Å². The number of primary amides is 1. The maximum absolute atomic E-state index is 12.0. The minimum absolute atomic E-state index is 0.0196. The van der Waals surface area contributed by atoms with E-state index in [-0.39, 0.29) is 33.8 Å². The predicted octanol–water partition coefficient (Wildman–Crippen LogP) is 1.16. The van der Waals surface area contributed by atoms with Gasteiger partial charge in [0.1, 0.15) is 0 Å². The van der Waals surface area contributed by atoms with Crippen molar-refractivity contribution in [3.8, 4) is 0 Å². The van der Waals surface area contributed by atoms with Crippen LogP contribution >= 0.6 is 11.8 Å². The van der Waals surface area contributed by atoms with Crippen LogP contribution in [0.1, 0.15) is 29.6 Å². The van der Waals surface area contributed by atoms with Gasteiger partial charge in [-0.2, -0.15) is 0 Å². The molecule has 0 spiro atoms. The second kappa shape index (κ2) is 7.97. The molecule has 4 N–H and O–H groups in total. The number of nitrogens with one attached hydrogen (secondary N) is 1. The zero-order valence-electron chi connectivity index (χ0n) is 13.1. The lowest BCUT2D eigenvalue weighted by Gasteiger charge is -2.12. The van der Waals surface area contributed by atoms with E-state index < -0.39 is 22.7 Å². The third-order valence-electron chi connectivity index (χ3n) is 3.95. The molecule has 0 bridgehead atoms. The second-order valence-corrected chi connectivity index (χ2v) is 6.72. The summed E-state index contributed by atoms with van der Waals surface area (Å²) in [4.78, 5) is 44.7. The molecule has 2 amide bonds. The molecule has 1 aromatic carbocycles. The lowest BCUT2D eigenvalue weighted by molar-refractivity contribution is -0.387. The first-order valence-electron chi connectivity index (χ1n) is 7.51. The van der Waals surface area contributed by atoms with Crippen LogP contribution < -0.4 is 11.1 Å². The molecule has 0 aromatic heterocycles. The van der Waals surface area contributed by atoms with Crippen LogP contribution in [0.2, 0.25) is 0 Å². The van der Waals surface area contributed by atoms with Gasteiger partial charge in [0, 0.05) is 17.7 Å². The number of carboxylic acids is 1. The number of hydrogen-bond donors (Lipinski definition) is 3. The predicted molar refractivity (Wildman–Crippen MR) is 89.2 cm³/mol. The summed E-state index contributed by atoms with van der Waals surface area (Å²) in [6, 6.07) is 3.63. The van der Waals surface area contributed by atoms with Gasteiger partial charge in [-0.1, -0.05) is 0 Å². The summed E-state index contributed by atoms with van der Waals surface area (Å²) in [6.45, 7) is 0. The third kappa shape index (κ3) is 4.92. The molecule has 10 heteroatoms. The van der Waals surface area contributed by atoms with Gasteiger partial charge in [-0.3, -0.25) is 24.5 Å². The molecule has 1 fully saturated rings. The van der Waals surface area contributed by atoms with Crippen molar-refractivity contribution in [1.82, 2.24) is 5.32 Å². The van der Waals surface area contributed by atoms with Gasteiger partial charge in [0.15, 0.2) is 0 Å². The number of nitro groups is 1. The zero-order valence-corrected chi connectivity index (χ0v) is 14.0. The van der Waals surface area contributed by atoms with Crippen molar-refractivity contribution in [2.45, 2.75) is 30.2 Å². The van der Waals surface area contributed by atoms with Gasteiger partial charge in [-0.25, -0.2) is 0 Å². The molecule has 0 saturated heterocycles. The lowest BCUT2D eigenvalue weighted by Crippen LogP contribution is -2.34. The van der Waals surface area contributed by atoms with Crippen LogP contribution in [0, 0.1) is 16.0 Å². The van der Waals surface area contributed by atoms with Crippen LogP contribution in [0.4, 0.5) is 5.69 Å². The third-order valence-corrected chi connectivity index (χ3v) is 5.01. The number of carbonyl (C=O) groups excluding carboxylic acids is 2. The Bertz CT molecular complexity index is 723. The fourth-order valence-electron chi connectivity index (χ4n) is 2.68. The van der Waals surface area contributed by atoms with E-state index in [0.29, 0.717) is 19.3 Å². The van der Waals surface area contributed by atoms with Crippen LogP contribution in [-0.4, -0.2) is 39.6 Å². The summed E-state index contributed by atoms with van der Waals surface area (Å²) < 4.78 is 0. The van der Waals surface area contributed by atoms with Gasteiger partial charge in [-0.05, 0) is 31.4 Å². The second-order valence-electron chi connectivity index (χ2n) is 5.71. The molecule has 1 aromatic rings. The number of hydrogen-bond acceptors (Lipinski definition) is 6. The van der Waals surface area contributed by atoms with Gasteiger partial charge in [-0.15, -0.1) is 11.8 Å². The van der Waals surface area contributed by atoms with Gasteiger partial charge >= 0.3 is 5.97 Å². The maximum Gasteiger partial charge on any atom is 0.306 e. The van der Waals surface area contributed by atoms with E-state index in [1.165, 1.54) is 12.1 Å². The summed E-state index contributed by atoms with van der Waals surface area (Å²) in [6.07, 6.45) is 1.51. The van der Waals surface area contributed by atoms with Crippen molar-refractivity contribution >= 4 is 35.2 Å². The Hall–Kier alpha value is -2.62. The smallest absolute Gasteiger partial charge is 0.306 e. The number of amides is 2. The highest BCUT2D eigenvalue weighted by Crippen LogP contribution is 2.30. The number of nitrogens with two attached hydrogens (primary N) is 1. The highest BCUT2D eigenvalue weighted by atomic mass is 32.2. The van der Waals surface area contributed by atoms with Crippen LogP contribution in [0.5, 0.6) is 0 Å². The Morgan fingerprint density at radius 3 is 2.64 bits per heavy atom. The number of carbonyl (C=O) groups is 3. The topological polar surface area (TPSA) is 153 Å². The van der Waals surface area contributed by atoms with Crippen LogP contribution in [-0.2, 0) is 9.59 Å². The molecule has 0 aliphatic heterocycles. The van der Waals surface area contributed by atoms with Crippen LogP contribution in [0.15, 0.2) is 23.1 Å². The van der Waals surface area contributed by atoms with E-state index in [9.17, 15) is 24.5 Å². The molecule has 1 saturated carbocycles. The number of rotatable bonds is 7. The molecule has 134 valence electrons.